The largest absolute Gasteiger partial charge is 0.481 e. The summed E-state index contributed by atoms with van der Waals surface area (Å²) >= 11 is 0. The van der Waals surface area contributed by atoms with Gasteiger partial charge in [0.05, 0.1) is 30.3 Å². The first-order valence-electron chi connectivity index (χ1n) is 7.82. The van der Waals surface area contributed by atoms with Crippen molar-refractivity contribution in [1.82, 2.24) is 14.7 Å². The minimum absolute atomic E-state index is 0.0342. The molecule has 1 aromatic rings. The van der Waals surface area contributed by atoms with E-state index in [1.807, 2.05) is 27.0 Å². The van der Waals surface area contributed by atoms with Gasteiger partial charge in [-0.3, -0.25) is 14.3 Å². The van der Waals surface area contributed by atoms with Crippen LogP contribution in [0.2, 0.25) is 0 Å². The van der Waals surface area contributed by atoms with E-state index >= 15 is 0 Å². The smallest absolute Gasteiger partial charge is 0.308 e. The molecule has 0 unspecified atom stereocenters. The molecule has 2 heterocycles. The Morgan fingerprint density at radius 1 is 1.48 bits per heavy atom. The average molecular weight is 323 g/mol. The molecule has 0 saturated carbocycles. The zero-order chi connectivity index (χ0) is 17.2. The van der Waals surface area contributed by atoms with Gasteiger partial charge >= 0.3 is 5.97 Å². The number of piperidine rings is 1. The van der Waals surface area contributed by atoms with Crippen molar-refractivity contribution in [2.24, 2.45) is 5.92 Å². The third-order valence-corrected chi connectivity index (χ3v) is 4.19. The lowest BCUT2D eigenvalue weighted by Gasteiger charge is -2.39. The van der Waals surface area contributed by atoms with Crippen LogP contribution in [-0.4, -0.2) is 51.9 Å². The molecule has 0 radical (unpaired) electrons. The number of nitrogens with zero attached hydrogens (tertiary/aromatic N) is 3. The van der Waals surface area contributed by atoms with E-state index in [-0.39, 0.29) is 17.9 Å². The van der Waals surface area contributed by atoms with Crippen LogP contribution in [0.4, 0.5) is 0 Å². The highest BCUT2D eigenvalue weighted by Gasteiger charge is 2.41. The van der Waals surface area contributed by atoms with Crippen LogP contribution in [0.3, 0.4) is 0 Å². The van der Waals surface area contributed by atoms with E-state index in [1.165, 1.54) is 0 Å². The Bertz CT molecular complexity index is 576. The number of carboxylic acid groups (broad SMARTS) is 1. The predicted molar refractivity (Wildman–Crippen MR) is 83.9 cm³/mol. The fourth-order valence-corrected chi connectivity index (χ4v) is 2.93. The van der Waals surface area contributed by atoms with Gasteiger partial charge in [-0.05, 0) is 27.2 Å². The van der Waals surface area contributed by atoms with Crippen molar-refractivity contribution in [1.29, 1.82) is 0 Å². The molecule has 1 amide bonds. The van der Waals surface area contributed by atoms with E-state index in [1.54, 1.807) is 22.9 Å². The van der Waals surface area contributed by atoms with E-state index in [9.17, 15) is 14.7 Å². The number of hydrogen-bond acceptors (Lipinski definition) is 4. The summed E-state index contributed by atoms with van der Waals surface area (Å²) in [7, 11) is 1.57. The molecule has 1 aromatic heterocycles. The lowest BCUT2D eigenvalue weighted by atomic mass is 9.85. The van der Waals surface area contributed by atoms with Gasteiger partial charge in [0.25, 0.3) is 0 Å². The molecule has 1 saturated heterocycles. The second-order valence-corrected chi connectivity index (χ2v) is 6.90. The first-order chi connectivity index (χ1) is 10.8. The number of carbonyl (C=O) groups is 2. The Morgan fingerprint density at radius 3 is 2.70 bits per heavy atom. The van der Waals surface area contributed by atoms with Crippen molar-refractivity contribution >= 4 is 11.9 Å². The molecule has 23 heavy (non-hydrogen) atoms. The number of aromatic nitrogens is 2. The van der Waals surface area contributed by atoms with E-state index in [4.69, 9.17) is 4.74 Å². The Hall–Kier alpha value is -1.89. The molecule has 0 aliphatic carbocycles. The van der Waals surface area contributed by atoms with Crippen molar-refractivity contribution in [2.45, 2.75) is 45.2 Å². The minimum atomic E-state index is -0.881. The molecule has 1 N–H and O–H groups in total. The second-order valence-electron chi connectivity index (χ2n) is 6.90. The number of carbonyl (C=O) groups excluding carboxylic acids is 1. The highest BCUT2D eigenvalue weighted by molar-refractivity contribution is 5.81. The first-order valence-corrected chi connectivity index (χ1v) is 7.82. The summed E-state index contributed by atoms with van der Waals surface area (Å²) < 4.78 is 6.87. The molecule has 7 heteroatoms. The van der Waals surface area contributed by atoms with Gasteiger partial charge in [0.2, 0.25) is 5.91 Å². The van der Waals surface area contributed by atoms with E-state index < -0.39 is 17.9 Å². The SMILES string of the molecule is COCCN1C(=O)CC[C@H](C(=O)O)[C@H]1c1cnn(C(C)(C)C)c1. The summed E-state index contributed by atoms with van der Waals surface area (Å²) in [5.41, 5.74) is 0.559. The molecule has 1 fully saturated rings. The summed E-state index contributed by atoms with van der Waals surface area (Å²) in [6, 6.07) is -0.500. The molecule has 0 bridgehead atoms. The Balaban J connectivity index is 2.38. The fraction of sp³-hybridized carbons (Fsp3) is 0.688. The number of aliphatic carboxylic acids is 1. The maximum atomic E-state index is 12.3. The zero-order valence-corrected chi connectivity index (χ0v) is 14.2. The fourth-order valence-electron chi connectivity index (χ4n) is 2.93. The van der Waals surface area contributed by atoms with Gasteiger partial charge in [0, 0.05) is 31.8 Å². The molecule has 2 rings (SSSR count). The number of carboxylic acids is 1. The van der Waals surface area contributed by atoms with Crippen molar-refractivity contribution in [3.05, 3.63) is 18.0 Å². The quantitative estimate of drug-likeness (QED) is 0.890. The highest BCUT2D eigenvalue weighted by Crippen LogP contribution is 2.37. The summed E-state index contributed by atoms with van der Waals surface area (Å²) in [6.07, 6.45) is 4.12. The molecule has 0 spiro atoms. The second kappa shape index (κ2) is 6.70. The third-order valence-electron chi connectivity index (χ3n) is 4.19. The maximum absolute atomic E-state index is 12.3. The summed E-state index contributed by atoms with van der Waals surface area (Å²) in [5.74, 6) is -1.54. The molecular weight excluding hydrogens is 298 g/mol. The number of amides is 1. The van der Waals surface area contributed by atoms with Gasteiger partial charge in [-0.1, -0.05) is 0 Å². The van der Waals surface area contributed by atoms with Crippen molar-refractivity contribution in [3.63, 3.8) is 0 Å². The lowest BCUT2D eigenvalue weighted by molar-refractivity contribution is -0.152. The molecular formula is C16H25N3O4. The van der Waals surface area contributed by atoms with Gasteiger partial charge in [0.15, 0.2) is 0 Å². The van der Waals surface area contributed by atoms with Crippen LogP contribution in [0.25, 0.3) is 0 Å². The Morgan fingerprint density at radius 2 is 2.17 bits per heavy atom. The average Bonchev–Trinajstić information content (AvgIpc) is 2.94. The van der Waals surface area contributed by atoms with Crippen molar-refractivity contribution < 1.29 is 19.4 Å². The van der Waals surface area contributed by atoms with Gasteiger partial charge in [-0.2, -0.15) is 5.10 Å². The van der Waals surface area contributed by atoms with Gasteiger partial charge < -0.3 is 14.7 Å². The number of methoxy groups -OCH3 is 1. The zero-order valence-electron chi connectivity index (χ0n) is 14.2. The van der Waals surface area contributed by atoms with E-state index in [0.717, 1.165) is 5.56 Å². The minimum Gasteiger partial charge on any atom is -0.481 e. The van der Waals surface area contributed by atoms with Crippen LogP contribution in [0.1, 0.15) is 45.2 Å². The molecule has 1 aliphatic rings. The predicted octanol–water partition coefficient (Wildman–Crippen LogP) is 1.65. The number of rotatable bonds is 5. The first kappa shape index (κ1) is 17.5. The Labute approximate surface area is 136 Å². The molecule has 7 nitrogen and oxygen atoms in total. The molecule has 2 atom stereocenters. The van der Waals surface area contributed by atoms with Crippen LogP contribution in [-0.2, 0) is 19.9 Å². The number of likely N-dealkylation sites (tertiary alicyclic amines) is 1. The topological polar surface area (TPSA) is 84.7 Å². The third kappa shape index (κ3) is 3.72. The lowest BCUT2D eigenvalue weighted by Crippen LogP contribution is -2.46. The standard InChI is InChI=1S/C16H25N3O4/c1-16(2,3)19-10-11(9-17-19)14-12(15(21)22)5-6-13(20)18(14)7-8-23-4/h9-10,12,14H,5-8H2,1-4H3,(H,21,22)/t12-,14+/m0/s1. The van der Waals surface area contributed by atoms with Crippen LogP contribution in [0, 0.1) is 5.92 Å². The van der Waals surface area contributed by atoms with E-state index in [2.05, 4.69) is 5.10 Å². The van der Waals surface area contributed by atoms with Gasteiger partial charge in [-0.15, -0.1) is 0 Å². The number of hydrogen-bond donors (Lipinski definition) is 1. The monoisotopic (exact) mass is 323 g/mol. The molecule has 1 aliphatic heterocycles. The van der Waals surface area contributed by atoms with E-state index in [0.29, 0.717) is 19.6 Å². The summed E-state index contributed by atoms with van der Waals surface area (Å²) in [4.78, 5) is 25.6. The normalized spacial score (nSPS) is 22.4. The van der Waals surface area contributed by atoms with Crippen LogP contribution < -0.4 is 0 Å². The van der Waals surface area contributed by atoms with Crippen molar-refractivity contribution in [3.8, 4) is 0 Å². The van der Waals surface area contributed by atoms with Crippen molar-refractivity contribution in [2.75, 3.05) is 20.3 Å². The number of ether oxygens (including phenoxy) is 1. The Kier molecular flexibility index (Phi) is 5.09. The van der Waals surface area contributed by atoms with Gasteiger partial charge in [-0.25, -0.2) is 0 Å². The molecule has 0 aromatic carbocycles. The molecule has 128 valence electrons. The van der Waals surface area contributed by atoms with Crippen LogP contribution in [0.15, 0.2) is 12.4 Å². The van der Waals surface area contributed by atoms with Gasteiger partial charge in [0.1, 0.15) is 0 Å². The van der Waals surface area contributed by atoms with Crippen LogP contribution >= 0.6 is 0 Å². The maximum Gasteiger partial charge on any atom is 0.308 e. The summed E-state index contributed by atoms with van der Waals surface area (Å²) in [6.45, 7) is 6.82. The summed E-state index contributed by atoms with van der Waals surface area (Å²) in [5, 5.41) is 13.9. The highest BCUT2D eigenvalue weighted by atomic mass is 16.5. The van der Waals surface area contributed by atoms with Crippen LogP contribution in [0.5, 0.6) is 0 Å².